The van der Waals surface area contributed by atoms with Crippen LogP contribution in [0.3, 0.4) is 0 Å². The van der Waals surface area contributed by atoms with Crippen LogP contribution >= 0.6 is 0 Å². The van der Waals surface area contributed by atoms with Gasteiger partial charge in [-0.2, -0.15) is 0 Å². The maximum absolute atomic E-state index is 3.48. The summed E-state index contributed by atoms with van der Waals surface area (Å²) in [5.41, 5.74) is 2.96. The zero-order valence-electron chi connectivity index (χ0n) is 7.53. The summed E-state index contributed by atoms with van der Waals surface area (Å²) in [6, 6.07) is 0. The highest BCUT2D eigenvalue weighted by Crippen LogP contribution is 2.42. The first-order valence-electron chi connectivity index (χ1n) is 4.93. The first kappa shape index (κ1) is 7.37. The Labute approximate surface area is 79.3 Å². The monoisotopic (exact) mass is 168 g/mol. The van der Waals surface area contributed by atoms with Crippen LogP contribution in [-0.4, -0.2) is 0 Å². The molecule has 3 aliphatic rings. The molecule has 0 amide bonds. The van der Waals surface area contributed by atoms with Crippen molar-refractivity contribution in [3.05, 3.63) is 54.0 Å². The van der Waals surface area contributed by atoms with Gasteiger partial charge in [0.15, 0.2) is 0 Å². The molecular formula is C13H12. The van der Waals surface area contributed by atoms with E-state index in [2.05, 4.69) is 42.9 Å². The van der Waals surface area contributed by atoms with E-state index in [4.69, 9.17) is 0 Å². The van der Waals surface area contributed by atoms with Gasteiger partial charge >= 0.3 is 0 Å². The highest BCUT2D eigenvalue weighted by Gasteiger charge is 2.31. The summed E-state index contributed by atoms with van der Waals surface area (Å²) < 4.78 is 0. The van der Waals surface area contributed by atoms with Gasteiger partial charge in [-0.05, 0) is 12.8 Å². The molecule has 3 aliphatic carbocycles. The molecule has 2 unspecified atom stereocenters. The van der Waals surface area contributed by atoms with Gasteiger partial charge in [0, 0.05) is 18.3 Å². The summed E-state index contributed by atoms with van der Waals surface area (Å²) >= 11 is 0. The van der Waals surface area contributed by atoms with Gasteiger partial charge < -0.3 is 0 Å². The predicted molar refractivity (Wildman–Crippen MR) is 53.9 cm³/mol. The van der Waals surface area contributed by atoms with Gasteiger partial charge in [0.2, 0.25) is 0 Å². The molecule has 2 radical (unpaired) electrons. The van der Waals surface area contributed by atoms with Crippen LogP contribution in [0, 0.1) is 18.3 Å². The number of allylic oxidation sites excluding steroid dienone is 8. The van der Waals surface area contributed by atoms with E-state index in [9.17, 15) is 0 Å². The molecule has 1 fully saturated rings. The SMILES string of the molecule is [C]1CC2=CCC=CC2C2C=CC=C12. The van der Waals surface area contributed by atoms with Gasteiger partial charge in [0.05, 0.1) is 0 Å². The molecule has 0 aromatic carbocycles. The third kappa shape index (κ3) is 1.05. The van der Waals surface area contributed by atoms with Crippen LogP contribution in [-0.2, 0) is 0 Å². The third-order valence-electron chi connectivity index (χ3n) is 3.12. The standard InChI is InChI=1S/C13H12/c1-2-6-12-10(4-1)8-9-11-5-3-7-13(11)12/h2-7,12-13H,1,8H2. The Morgan fingerprint density at radius 3 is 3.23 bits per heavy atom. The van der Waals surface area contributed by atoms with Crippen molar-refractivity contribution < 1.29 is 0 Å². The Balaban J connectivity index is 1.99. The molecule has 64 valence electrons. The van der Waals surface area contributed by atoms with Gasteiger partial charge in [-0.1, -0.05) is 47.6 Å². The van der Waals surface area contributed by atoms with Crippen LogP contribution in [0.1, 0.15) is 12.8 Å². The molecule has 0 N–H and O–H groups in total. The van der Waals surface area contributed by atoms with Crippen LogP contribution in [0.25, 0.3) is 0 Å². The molecule has 1 saturated carbocycles. The topological polar surface area (TPSA) is 0 Å². The quantitative estimate of drug-likeness (QED) is 0.487. The summed E-state index contributed by atoms with van der Waals surface area (Å²) in [6.07, 6.45) is 19.3. The lowest BCUT2D eigenvalue weighted by atomic mass is 9.72. The van der Waals surface area contributed by atoms with Crippen LogP contribution in [0.15, 0.2) is 47.6 Å². The van der Waals surface area contributed by atoms with Crippen molar-refractivity contribution >= 4 is 0 Å². The Morgan fingerprint density at radius 2 is 2.23 bits per heavy atom. The fraction of sp³-hybridized carbons (Fsp3) is 0.308. The lowest BCUT2D eigenvalue weighted by Gasteiger charge is -2.32. The van der Waals surface area contributed by atoms with Crippen molar-refractivity contribution in [3.8, 4) is 0 Å². The van der Waals surface area contributed by atoms with Gasteiger partial charge in [-0.15, -0.1) is 0 Å². The van der Waals surface area contributed by atoms with Crippen molar-refractivity contribution in [1.29, 1.82) is 0 Å². The molecule has 0 nitrogen and oxygen atoms in total. The Kier molecular flexibility index (Phi) is 1.55. The summed E-state index contributed by atoms with van der Waals surface area (Å²) in [6.45, 7) is 0. The minimum Gasteiger partial charge on any atom is -0.0841 e. The van der Waals surface area contributed by atoms with Crippen molar-refractivity contribution in [2.24, 2.45) is 11.8 Å². The Bertz CT molecular complexity index is 339. The predicted octanol–water partition coefficient (Wildman–Crippen LogP) is 3.09. The van der Waals surface area contributed by atoms with E-state index < -0.39 is 0 Å². The maximum atomic E-state index is 3.48. The highest BCUT2D eigenvalue weighted by atomic mass is 14.3. The van der Waals surface area contributed by atoms with E-state index in [1.54, 1.807) is 5.57 Å². The molecule has 0 bridgehead atoms. The number of rotatable bonds is 0. The van der Waals surface area contributed by atoms with Crippen molar-refractivity contribution in [1.82, 2.24) is 0 Å². The second kappa shape index (κ2) is 2.73. The third-order valence-corrected chi connectivity index (χ3v) is 3.12. The summed E-state index contributed by atoms with van der Waals surface area (Å²) in [5.74, 6) is 1.23. The average molecular weight is 168 g/mol. The normalized spacial score (nSPS) is 35.1. The fourth-order valence-electron chi connectivity index (χ4n) is 2.43. The van der Waals surface area contributed by atoms with Gasteiger partial charge in [0.25, 0.3) is 0 Å². The van der Waals surface area contributed by atoms with E-state index in [1.165, 1.54) is 5.57 Å². The second-order valence-corrected chi connectivity index (χ2v) is 3.85. The first-order chi connectivity index (χ1) is 6.45. The van der Waals surface area contributed by atoms with Gasteiger partial charge in [-0.3, -0.25) is 0 Å². The maximum Gasteiger partial charge on any atom is 0.0170 e. The Hall–Kier alpha value is -1.04. The van der Waals surface area contributed by atoms with E-state index in [0.717, 1.165) is 12.8 Å². The number of fused-ring (bicyclic) bond motifs is 3. The number of hydrogen-bond acceptors (Lipinski definition) is 0. The van der Waals surface area contributed by atoms with Crippen molar-refractivity contribution in [3.63, 3.8) is 0 Å². The molecule has 0 spiro atoms. The van der Waals surface area contributed by atoms with E-state index in [0.29, 0.717) is 11.8 Å². The molecule has 0 heterocycles. The van der Waals surface area contributed by atoms with Crippen LogP contribution in [0.2, 0.25) is 0 Å². The smallest absolute Gasteiger partial charge is 0.0170 e. The molecule has 0 heteroatoms. The largest absolute Gasteiger partial charge is 0.0841 e. The van der Waals surface area contributed by atoms with E-state index >= 15 is 0 Å². The van der Waals surface area contributed by atoms with Crippen LogP contribution in [0.5, 0.6) is 0 Å². The van der Waals surface area contributed by atoms with Crippen molar-refractivity contribution in [2.45, 2.75) is 12.8 Å². The lowest BCUT2D eigenvalue weighted by Crippen LogP contribution is -2.21. The molecule has 0 aromatic heterocycles. The van der Waals surface area contributed by atoms with Crippen LogP contribution in [0.4, 0.5) is 0 Å². The molecule has 3 rings (SSSR count). The molecule has 2 atom stereocenters. The first-order valence-corrected chi connectivity index (χ1v) is 4.93. The molecule has 13 heavy (non-hydrogen) atoms. The van der Waals surface area contributed by atoms with E-state index in [1.807, 2.05) is 0 Å². The van der Waals surface area contributed by atoms with Crippen molar-refractivity contribution in [2.75, 3.05) is 0 Å². The second-order valence-electron chi connectivity index (χ2n) is 3.85. The van der Waals surface area contributed by atoms with Crippen LogP contribution < -0.4 is 0 Å². The Morgan fingerprint density at radius 1 is 1.23 bits per heavy atom. The average Bonchev–Trinajstić information content (AvgIpc) is 2.65. The summed E-state index contributed by atoms with van der Waals surface area (Å²) in [5, 5.41) is 0. The molecular weight excluding hydrogens is 156 g/mol. The zero-order chi connectivity index (χ0) is 8.67. The van der Waals surface area contributed by atoms with Gasteiger partial charge in [-0.25, -0.2) is 0 Å². The summed E-state index contributed by atoms with van der Waals surface area (Å²) in [7, 11) is 0. The fourth-order valence-corrected chi connectivity index (χ4v) is 2.43. The zero-order valence-corrected chi connectivity index (χ0v) is 7.53. The number of hydrogen-bond donors (Lipinski definition) is 0. The summed E-state index contributed by atoms with van der Waals surface area (Å²) in [4.78, 5) is 0. The lowest BCUT2D eigenvalue weighted by molar-refractivity contribution is 0.562. The highest BCUT2D eigenvalue weighted by molar-refractivity contribution is 5.43. The van der Waals surface area contributed by atoms with Gasteiger partial charge in [0.1, 0.15) is 0 Å². The molecule has 0 saturated heterocycles. The molecule has 0 aliphatic heterocycles. The molecule has 0 aromatic rings. The van der Waals surface area contributed by atoms with E-state index in [-0.39, 0.29) is 0 Å². The minimum atomic E-state index is 0.594. The minimum absolute atomic E-state index is 0.594.